The van der Waals surface area contributed by atoms with Crippen LogP contribution in [0.2, 0.25) is 0 Å². The molecule has 0 aliphatic rings. The molecule has 3 heteroatoms. The molecule has 0 aliphatic carbocycles. The first-order valence-electron chi connectivity index (χ1n) is 7.17. The SMILES string of the molecule is CC(C)Cc1cccc(C(O)Cc2c(F)cccc2F)c1. The predicted molar refractivity (Wildman–Crippen MR) is 80.0 cm³/mol. The Morgan fingerprint density at radius 2 is 1.57 bits per heavy atom. The van der Waals surface area contributed by atoms with Crippen LogP contribution in [0.15, 0.2) is 42.5 Å². The van der Waals surface area contributed by atoms with Crippen molar-refractivity contribution < 1.29 is 13.9 Å². The summed E-state index contributed by atoms with van der Waals surface area (Å²) in [6.07, 6.45) is -0.0679. The van der Waals surface area contributed by atoms with Crippen LogP contribution in [0.25, 0.3) is 0 Å². The highest BCUT2D eigenvalue weighted by Gasteiger charge is 2.15. The molecule has 2 aromatic carbocycles. The van der Waals surface area contributed by atoms with Crippen LogP contribution >= 0.6 is 0 Å². The summed E-state index contributed by atoms with van der Waals surface area (Å²) in [7, 11) is 0. The molecule has 2 rings (SSSR count). The molecule has 0 fully saturated rings. The van der Waals surface area contributed by atoms with Gasteiger partial charge in [0.1, 0.15) is 11.6 Å². The van der Waals surface area contributed by atoms with E-state index in [1.54, 1.807) is 6.07 Å². The summed E-state index contributed by atoms with van der Waals surface area (Å²) in [6, 6.07) is 11.3. The summed E-state index contributed by atoms with van der Waals surface area (Å²) >= 11 is 0. The van der Waals surface area contributed by atoms with Crippen LogP contribution in [0.3, 0.4) is 0 Å². The van der Waals surface area contributed by atoms with Gasteiger partial charge in [-0.15, -0.1) is 0 Å². The van der Waals surface area contributed by atoms with Gasteiger partial charge in [-0.3, -0.25) is 0 Å². The molecule has 0 bridgehead atoms. The largest absolute Gasteiger partial charge is 0.388 e. The topological polar surface area (TPSA) is 20.2 Å². The Hall–Kier alpha value is -1.74. The van der Waals surface area contributed by atoms with Gasteiger partial charge in [-0.05, 0) is 35.6 Å². The molecule has 1 N–H and O–H groups in total. The van der Waals surface area contributed by atoms with E-state index in [-0.39, 0.29) is 12.0 Å². The monoisotopic (exact) mass is 290 g/mol. The second-order valence-electron chi connectivity index (χ2n) is 5.76. The smallest absolute Gasteiger partial charge is 0.129 e. The van der Waals surface area contributed by atoms with E-state index in [9.17, 15) is 13.9 Å². The number of halogens is 2. The van der Waals surface area contributed by atoms with E-state index < -0.39 is 17.7 Å². The lowest BCUT2D eigenvalue weighted by molar-refractivity contribution is 0.175. The minimum absolute atomic E-state index is 0.0658. The molecule has 0 amide bonds. The Bertz CT molecular complexity index is 588. The summed E-state index contributed by atoms with van der Waals surface area (Å²) < 4.78 is 27.3. The molecule has 0 saturated heterocycles. The second kappa shape index (κ2) is 6.81. The average Bonchev–Trinajstić information content (AvgIpc) is 2.42. The van der Waals surface area contributed by atoms with Crippen molar-refractivity contribution in [3.8, 4) is 0 Å². The lowest BCUT2D eigenvalue weighted by Crippen LogP contribution is -2.06. The van der Waals surface area contributed by atoms with Gasteiger partial charge in [0.25, 0.3) is 0 Å². The van der Waals surface area contributed by atoms with Crippen molar-refractivity contribution >= 4 is 0 Å². The van der Waals surface area contributed by atoms with Crippen LogP contribution in [0.1, 0.15) is 36.6 Å². The van der Waals surface area contributed by atoms with Gasteiger partial charge in [-0.1, -0.05) is 44.2 Å². The molecule has 112 valence electrons. The summed E-state index contributed by atoms with van der Waals surface area (Å²) in [4.78, 5) is 0. The first-order chi connectivity index (χ1) is 9.97. The van der Waals surface area contributed by atoms with Crippen molar-refractivity contribution in [2.45, 2.75) is 32.8 Å². The first-order valence-corrected chi connectivity index (χ1v) is 7.17. The van der Waals surface area contributed by atoms with Crippen LogP contribution in [-0.2, 0) is 12.8 Å². The standard InChI is InChI=1S/C18H20F2O/c1-12(2)9-13-5-3-6-14(10-13)18(21)11-15-16(19)7-4-8-17(15)20/h3-8,10,12,18,21H,9,11H2,1-2H3. The van der Waals surface area contributed by atoms with Crippen LogP contribution in [0.5, 0.6) is 0 Å². The van der Waals surface area contributed by atoms with Gasteiger partial charge in [0.2, 0.25) is 0 Å². The third-order valence-corrected chi connectivity index (χ3v) is 3.44. The molecule has 1 atom stereocenters. The summed E-state index contributed by atoms with van der Waals surface area (Å²) in [5.74, 6) is -0.721. The highest BCUT2D eigenvalue weighted by molar-refractivity contribution is 5.28. The lowest BCUT2D eigenvalue weighted by Gasteiger charge is -2.14. The predicted octanol–water partition coefficient (Wildman–Crippen LogP) is 4.44. The van der Waals surface area contributed by atoms with Crippen molar-refractivity contribution in [1.82, 2.24) is 0 Å². The van der Waals surface area contributed by atoms with Gasteiger partial charge in [0.05, 0.1) is 6.10 Å². The van der Waals surface area contributed by atoms with E-state index in [1.807, 2.05) is 18.2 Å². The van der Waals surface area contributed by atoms with Crippen LogP contribution in [-0.4, -0.2) is 5.11 Å². The van der Waals surface area contributed by atoms with Gasteiger partial charge in [0, 0.05) is 12.0 Å². The van der Waals surface area contributed by atoms with Crippen molar-refractivity contribution in [3.05, 3.63) is 70.8 Å². The molecule has 2 aromatic rings. The number of hydrogen-bond acceptors (Lipinski definition) is 1. The van der Waals surface area contributed by atoms with Crippen molar-refractivity contribution in [3.63, 3.8) is 0 Å². The summed E-state index contributed by atoms with van der Waals surface area (Å²) in [5, 5.41) is 10.2. The summed E-state index contributed by atoms with van der Waals surface area (Å²) in [6.45, 7) is 4.25. The molecule has 0 heterocycles. The van der Waals surface area contributed by atoms with Crippen LogP contribution in [0.4, 0.5) is 8.78 Å². The Kier molecular flexibility index (Phi) is 5.07. The molecular formula is C18H20F2O. The van der Waals surface area contributed by atoms with E-state index in [4.69, 9.17) is 0 Å². The fourth-order valence-electron chi connectivity index (χ4n) is 2.44. The van der Waals surface area contributed by atoms with Crippen molar-refractivity contribution in [1.29, 1.82) is 0 Å². The van der Waals surface area contributed by atoms with Crippen molar-refractivity contribution in [2.24, 2.45) is 5.92 Å². The second-order valence-corrected chi connectivity index (χ2v) is 5.76. The van der Waals surface area contributed by atoms with Gasteiger partial charge in [-0.2, -0.15) is 0 Å². The zero-order chi connectivity index (χ0) is 15.4. The average molecular weight is 290 g/mol. The Morgan fingerprint density at radius 3 is 2.19 bits per heavy atom. The Morgan fingerprint density at radius 1 is 0.952 bits per heavy atom. The first kappa shape index (κ1) is 15.6. The number of aliphatic hydroxyl groups is 1. The highest BCUT2D eigenvalue weighted by atomic mass is 19.1. The molecule has 1 nitrogen and oxygen atoms in total. The molecule has 0 radical (unpaired) electrons. The number of rotatable bonds is 5. The van der Waals surface area contributed by atoms with E-state index in [1.165, 1.54) is 18.2 Å². The quantitative estimate of drug-likeness (QED) is 0.863. The van der Waals surface area contributed by atoms with Crippen LogP contribution in [0, 0.1) is 17.6 Å². The van der Waals surface area contributed by atoms with Crippen molar-refractivity contribution in [2.75, 3.05) is 0 Å². The molecular weight excluding hydrogens is 270 g/mol. The summed E-state index contributed by atoms with van der Waals surface area (Å²) in [5.41, 5.74) is 1.74. The van der Waals surface area contributed by atoms with E-state index >= 15 is 0 Å². The number of aliphatic hydroxyl groups excluding tert-OH is 1. The van der Waals surface area contributed by atoms with E-state index in [0.29, 0.717) is 11.5 Å². The molecule has 0 spiro atoms. The Labute approximate surface area is 124 Å². The normalized spacial score (nSPS) is 12.7. The van der Waals surface area contributed by atoms with Gasteiger partial charge in [-0.25, -0.2) is 8.78 Å². The maximum atomic E-state index is 13.6. The van der Waals surface area contributed by atoms with E-state index in [0.717, 1.165) is 12.0 Å². The highest BCUT2D eigenvalue weighted by Crippen LogP contribution is 2.23. The van der Waals surface area contributed by atoms with Gasteiger partial charge in [0.15, 0.2) is 0 Å². The van der Waals surface area contributed by atoms with Crippen LogP contribution < -0.4 is 0 Å². The third-order valence-electron chi connectivity index (χ3n) is 3.44. The van der Waals surface area contributed by atoms with E-state index in [2.05, 4.69) is 13.8 Å². The lowest BCUT2D eigenvalue weighted by atomic mass is 9.96. The molecule has 21 heavy (non-hydrogen) atoms. The molecule has 0 aromatic heterocycles. The number of hydrogen-bond donors (Lipinski definition) is 1. The van der Waals surface area contributed by atoms with Gasteiger partial charge < -0.3 is 5.11 Å². The molecule has 0 saturated carbocycles. The zero-order valence-corrected chi connectivity index (χ0v) is 12.3. The minimum Gasteiger partial charge on any atom is -0.388 e. The maximum Gasteiger partial charge on any atom is 0.129 e. The minimum atomic E-state index is -0.913. The van der Waals surface area contributed by atoms with Gasteiger partial charge >= 0.3 is 0 Å². The fraction of sp³-hybridized carbons (Fsp3) is 0.333. The molecule has 0 aliphatic heterocycles. The fourth-order valence-corrected chi connectivity index (χ4v) is 2.44. The zero-order valence-electron chi connectivity index (χ0n) is 12.3. The Balaban J connectivity index is 2.18. The third kappa shape index (κ3) is 4.11. The molecule has 1 unspecified atom stereocenters. The number of benzene rings is 2. The maximum absolute atomic E-state index is 13.6.